The molecule has 4 nitrogen and oxygen atoms in total. The smallest absolute Gasteiger partial charge is 0.304 e. The van der Waals surface area contributed by atoms with Crippen LogP contribution in [0.2, 0.25) is 0 Å². The van der Waals surface area contributed by atoms with Gasteiger partial charge in [-0.1, -0.05) is 30.9 Å². The molecule has 1 aliphatic heterocycles. The van der Waals surface area contributed by atoms with Gasteiger partial charge in [-0.05, 0) is 34.1 Å². The van der Waals surface area contributed by atoms with Crippen LogP contribution in [0.1, 0.15) is 41.0 Å². The first kappa shape index (κ1) is 22.3. The van der Waals surface area contributed by atoms with E-state index in [0.29, 0.717) is 5.41 Å². The highest BCUT2D eigenvalue weighted by molar-refractivity contribution is 8.22. The minimum Gasteiger partial charge on any atom is -0.399 e. The molecule has 0 aromatic rings. The molecule has 0 aromatic carbocycles. The van der Waals surface area contributed by atoms with Crippen molar-refractivity contribution >= 4 is 38.3 Å². The molecule has 132 valence electrons. The largest absolute Gasteiger partial charge is 0.399 e. The topological polar surface area (TPSA) is 30.9 Å². The molecule has 7 heteroatoms. The van der Waals surface area contributed by atoms with Crippen molar-refractivity contribution in [1.82, 2.24) is 4.90 Å². The fourth-order valence-corrected chi connectivity index (χ4v) is 3.95. The lowest BCUT2D eigenvalue weighted by Gasteiger charge is -2.38. The summed E-state index contributed by atoms with van der Waals surface area (Å²) < 4.78 is 16.3. The van der Waals surface area contributed by atoms with E-state index in [1.807, 2.05) is 25.6 Å². The van der Waals surface area contributed by atoms with E-state index in [-0.39, 0.29) is 0 Å². The second-order valence-electron chi connectivity index (χ2n) is 5.44. The van der Waals surface area contributed by atoms with Crippen LogP contribution in [0.5, 0.6) is 0 Å². The van der Waals surface area contributed by atoms with Crippen molar-refractivity contribution in [2.45, 2.75) is 41.0 Å². The summed E-state index contributed by atoms with van der Waals surface area (Å²) in [4.78, 5) is 2.24. The third-order valence-electron chi connectivity index (χ3n) is 3.43. The Labute approximate surface area is 148 Å². The Morgan fingerprint density at radius 2 is 1.73 bits per heavy atom. The van der Waals surface area contributed by atoms with Crippen LogP contribution < -0.4 is 0 Å². The molecule has 0 radical (unpaired) electrons. The molecular formula is C15H33NO3S2Si. The summed E-state index contributed by atoms with van der Waals surface area (Å²) in [5, 5.41) is 0. The van der Waals surface area contributed by atoms with Crippen LogP contribution in [0, 0.1) is 5.41 Å². The standard InChI is InChI=1S/C11H21NOS2.C4H12O2Si/c1-4-12(5-2)10(14)15-7-6-11(3)8-13-9-11;1-3-5-7-6-4-2/h4-9H2,1-3H3;3-4,7H2,1-2H3. The highest BCUT2D eigenvalue weighted by Gasteiger charge is 2.32. The van der Waals surface area contributed by atoms with Gasteiger partial charge in [0.15, 0.2) is 0 Å². The molecule has 0 N–H and O–H groups in total. The number of nitrogens with zero attached hydrogens (tertiary/aromatic N) is 1. The van der Waals surface area contributed by atoms with E-state index in [0.717, 1.165) is 49.6 Å². The van der Waals surface area contributed by atoms with E-state index >= 15 is 0 Å². The summed E-state index contributed by atoms with van der Waals surface area (Å²) in [5.41, 5.74) is 0.422. The molecule has 22 heavy (non-hydrogen) atoms. The minimum atomic E-state index is -0.589. The van der Waals surface area contributed by atoms with Gasteiger partial charge in [-0.2, -0.15) is 0 Å². The second-order valence-corrected chi connectivity index (χ2v) is 8.22. The summed E-state index contributed by atoms with van der Waals surface area (Å²) in [6, 6.07) is 0. The maximum absolute atomic E-state index is 5.37. The van der Waals surface area contributed by atoms with Crippen molar-refractivity contribution in [2.24, 2.45) is 5.41 Å². The third-order valence-corrected chi connectivity index (χ3v) is 6.10. The van der Waals surface area contributed by atoms with Gasteiger partial charge in [0.05, 0.1) is 13.2 Å². The summed E-state index contributed by atoms with van der Waals surface area (Å²) in [6.07, 6.45) is 1.21. The van der Waals surface area contributed by atoms with E-state index in [2.05, 4.69) is 25.7 Å². The van der Waals surface area contributed by atoms with Crippen molar-refractivity contribution in [3.63, 3.8) is 0 Å². The molecule has 1 aliphatic rings. The predicted molar refractivity (Wildman–Crippen MR) is 103 cm³/mol. The molecule has 1 fully saturated rings. The molecule has 0 unspecified atom stereocenters. The summed E-state index contributed by atoms with van der Waals surface area (Å²) >= 11 is 7.19. The molecule has 0 amide bonds. The lowest BCUT2D eigenvalue weighted by Crippen LogP contribution is -2.40. The van der Waals surface area contributed by atoms with Crippen LogP contribution in [0.3, 0.4) is 0 Å². The maximum atomic E-state index is 5.37. The number of hydrogen-bond donors (Lipinski definition) is 0. The van der Waals surface area contributed by atoms with Crippen LogP contribution in [-0.4, -0.2) is 64.5 Å². The average molecular weight is 368 g/mol. The quantitative estimate of drug-likeness (QED) is 0.354. The molecule has 1 saturated heterocycles. The van der Waals surface area contributed by atoms with Crippen LogP contribution in [0.15, 0.2) is 0 Å². The van der Waals surface area contributed by atoms with E-state index in [1.54, 1.807) is 0 Å². The van der Waals surface area contributed by atoms with Crippen molar-refractivity contribution < 1.29 is 13.6 Å². The number of rotatable bonds is 9. The average Bonchev–Trinajstić information content (AvgIpc) is 2.48. The van der Waals surface area contributed by atoms with Gasteiger partial charge in [0, 0.05) is 37.5 Å². The van der Waals surface area contributed by atoms with Crippen LogP contribution >= 0.6 is 24.0 Å². The summed E-state index contributed by atoms with van der Waals surface area (Å²) in [5.74, 6) is 1.12. The Morgan fingerprint density at radius 3 is 2.09 bits per heavy atom. The molecule has 1 heterocycles. The lowest BCUT2D eigenvalue weighted by atomic mass is 9.86. The fraction of sp³-hybridized carbons (Fsp3) is 0.933. The van der Waals surface area contributed by atoms with Gasteiger partial charge >= 0.3 is 10.0 Å². The van der Waals surface area contributed by atoms with Crippen LogP contribution in [0.25, 0.3) is 0 Å². The fourth-order valence-electron chi connectivity index (χ4n) is 1.78. The first-order valence-electron chi connectivity index (χ1n) is 8.17. The molecule has 0 atom stereocenters. The summed E-state index contributed by atoms with van der Waals surface area (Å²) in [7, 11) is -0.589. The second kappa shape index (κ2) is 13.7. The first-order chi connectivity index (χ1) is 10.5. The van der Waals surface area contributed by atoms with E-state index < -0.39 is 10.0 Å². The van der Waals surface area contributed by atoms with Gasteiger partial charge in [0.25, 0.3) is 0 Å². The Balaban J connectivity index is 0.000000534. The SMILES string of the molecule is CCN(CC)C(=S)SCCC1(C)COC1.CCO[SiH2]OCC. The molecule has 0 aliphatic carbocycles. The zero-order valence-electron chi connectivity index (χ0n) is 14.9. The molecule has 1 rings (SSSR count). The number of thiocarbonyl (C=S) groups is 1. The third kappa shape index (κ3) is 10.2. The van der Waals surface area contributed by atoms with Gasteiger partial charge in [-0.3, -0.25) is 0 Å². The van der Waals surface area contributed by atoms with Crippen molar-refractivity contribution in [2.75, 3.05) is 45.3 Å². The van der Waals surface area contributed by atoms with Gasteiger partial charge in [-0.15, -0.1) is 0 Å². The van der Waals surface area contributed by atoms with E-state index in [1.165, 1.54) is 6.42 Å². The predicted octanol–water partition coefficient (Wildman–Crippen LogP) is 2.83. The summed E-state index contributed by atoms with van der Waals surface area (Å²) in [6.45, 7) is 16.0. The first-order valence-corrected chi connectivity index (χ1v) is 10.7. The van der Waals surface area contributed by atoms with E-state index in [9.17, 15) is 0 Å². The number of hydrogen-bond acceptors (Lipinski definition) is 5. The Hall–Kier alpha value is 0.337. The highest BCUT2D eigenvalue weighted by Crippen LogP contribution is 2.32. The zero-order valence-corrected chi connectivity index (χ0v) is 17.9. The zero-order chi connectivity index (χ0) is 16.8. The molecule has 0 saturated carbocycles. The van der Waals surface area contributed by atoms with Gasteiger partial charge in [0.1, 0.15) is 4.32 Å². The maximum Gasteiger partial charge on any atom is 0.304 e. The van der Waals surface area contributed by atoms with Gasteiger partial charge in [0.2, 0.25) is 0 Å². The van der Waals surface area contributed by atoms with E-state index in [4.69, 9.17) is 25.8 Å². The number of thioether (sulfide) groups is 1. The molecule has 0 spiro atoms. The van der Waals surface area contributed by atoms with Gasteiger partial charge < -0.3 is 18.5 Å². The van der Waals surface area contributed by atoms with Crippen LogP contribution in [-0.2, 0) is 13.6 Å². The Kier molecular flexibility index (Phi) is 14.0. The van der Waals surface area contributed by atoms with Crippen molar-refractivity contribution in [1.29, 1.82) is 0 Å². The Morgan fingerprint density at radius 1 is 1.18 bits per heavy atom. The van der Waals surface area contributed by atoms with Crippen molar-refractivity contribution in [3.05, 3.63) is 0 Å². The number of ether oxygens (including phenoxy) is 1. The molecule has 0 bridgehead atoms. The van der Waals surface area contributed by atoms with Crippen LogP contribution in [0.4, 0.5) is 0 Å². The highest BCUT2D eigenvalue weighted by atomic mass is 32.2. The van der Waals surface area contributed by atoms with Gasteiger partial charge in [-0.25, -0.2) is 0 Å². The lowest BCUT2D eigenvalue weighted by molar-refractivity contribution is -0.102. The normalized spacial score (nSPS) is 15.5. The molecule has 0 aromatic heterocycles. The molecular weight excluding hydrogens is 334 g/mol. The monoisotopic (exact) mass is 367 g/mol. The Bertz CT molecular complexity index is 284. The van der Waals surface area contributed by atoms with Crippen molar-refractivity contribution in [3.8, 4) is 0 Å². The minimum absolute atomic E-state index is 0.422.